The second kappa shape index (κ2) is 9.47. The third-order valence-electron chi connectivity index (χ3n) is 2.58. The first-order valence-electron chi connectivity index (χ1n) is 6.68. The summed E-state index contributed by atoms with van der Waals surface area (Å²) in [5.41, 5.74) is 0.301. The molecule has 116 valence electrons. The van der Waals surface area contributed by atoms with E-state index in [2.05, 4.69) is 10.6 Å². The zero-order chi connectivity index (χ0) is 15.7. The van der Waals surface area contributed by atoms with Gasteiger partial charge < -0.3 is 15.4 Å². The van der Waals surface area contributed by atoms with Crippen LogP contribution >= 0.6 is 23.2 Å². The first kappa shape index (κ1) is 17.6. The maximum atomic E-state index is 11.9. The van der Waals surface area contributed by atoms with Crippen molar-refractivity contribution >= 4 is 35.2 Å². The lowest BCUT2D eigenvalue weighted by molar-refractivity contribution is 0.0952. The monoisotopic (exact) mass is 332 g/mol. The fraction of sp³-hybridized carbons (Fsp3) is 0.429. The predicted octanol–water partition coefficient (Wildman–Crippen LogP) is 3.25. The number of carbonyl (C=O) groups is 2. The highest BCUT2D eigenvalue weighted by Crippen LogP contribution is 2.20. The van der Waals surface area contributed by atoms with Crippen molar-refractivity contribution in [3.8, 4) is 0 Å². The number of hydrogen-bond donors (Lipinski definition) is 2. The van der Waals surface area contributed by atoms with E-state index in [0.29, 0.717) is 22.2 Å². The SMILES string of the molecule is CCCCOC(=O)NCCNC(=O)c1cc(Cl)ccc1Cl. The molecule has 0 aromatic heterocycles. The Hall–Kier alpha value is -1.46. The Bertz CT molecular complexity index is 495. The van der Waals surface area contributed by atoms with Crippen molar-refractivity contribution in [2.24, 2.45) is 0 Å². The molecule has 1 aromatic carbocycles. The normalized spacial score (nSPS) is 10.0. The molecular formula is C14H18Cl2N2O3. The van der Waals surface area contributed by atoms with Crippen LogP contribution in [-0.4, -0.2) is 31.7 Å². The van der Waals surface area contributed by atoms with Crippen LogP contribution in [0.1, 0.15) is 30.1 Å². The standard InChI is InChI=1S/C14H18Cl2N2O3/c1-2-3-8-21-14(20)18-7-6-17-13(19)11-9-10(15)4-5-12(11)16/h4-5,9H,2-3,6-8H2,1H3,(H,17,19)(H,18,20). The van der Waals surface area contributed by atoms with Crippen LogP contribution in [-0.2, 0) is 4.74 Å². The summed E-state index contributed by atoms with van der Waals surface area (Å²) < 4.78 is 4.91. The molecule has 0 saturated heterocycles. The summed E-state index contributed by atoms with van der Waals surface area (Å²) >= 11 is 11.7. The number of nitrogens with one attached hydrogen (secondary N) is 2. The second-order valence-electron chi connectivity index (χ2n) is 4.30. The Labute approximate surface area is 133 Å². The summed E-state index contributed by atoms with van der Waals surface area (Å²) in [6.45, 7) is 2.95. The zero-order valence-corrected chi connectivity index (χ0v) is 13.3. The molecule has 0 radical (unpaired) electrons. The summed E-state index contributed by atoms with van der Waals surface area (Å²) in [6, 6.07) is 4.66. The average Bonchev–Trinajstić information content (AvgIpc) is 2.46. The zero-order valence-electron chi connectivity index (χ0n) is 11.7. The molecule has 0 saturated carbocycles. The fourth-order valence-corrected chi connectivity index (χ4v) is 1.84. The van der Waals surface area contributed by atoms with Crippen LogP contribution in [0.15, 0.2) is 18.2 Å². The number of halogens is 2. The molecular weight excluding hydrogens is 315 g/mol. The van der Waals surface area contributed by atoms with Crippen molar-refractivity contribution in [1.82, 2.24) is 10.6 Å². The predicted molar refractivity (Wildman–Crippen MR) is 83.1 cm³/mol. The van der Waals surface area contributed by atoms with Gasteiger partial charge in [-0.1, -0.05) is 36.5 Å². The number of rotatable bonds is 7. The molecule has 2 amide bonds. The Morgan fingerprint density at radius 2 is 1.90 bits per heavy atom. The highest BCUT2D eigenvalue weighted by atomic mass is 35.5. The van der Waals surface area contributed by atoms with Gasteiger partial charge in [0.25, 0.3) is 5.91 Å². The molecule has 0 unspecified atom stereocenters. The third-order valence-corrected chi connectivity index (χ3v) is 3.15. The topological polar surface area (TPSA) is 67.4 Å². The quantitative estimate of drug-likeness (QED) is 0.753. The lowest BCUT2D eigenvalue weighted by Crippen LogP contribution is -2.35. The molecule has 0 aliphatic heterocycles. The number of alkyl carbamates (subject to hydrolysis) is 1. The van der Waals surface area contributed by atoms with E-state index < -0.39 is 6.09 Å². The molecule has 5 nitrogen and oxygen atoms in total. The summed E-state index contributed by atoms with van der Waals surface area (Å²) in [5.74, 6) is -0.344. The Balaban J connectivity index is 2.28. The van der Waals surface area contributed by atoms with Gasteiger partial charge in [0.2, 0.25) is 0 Å². The number of unbranched alkanes of at least 4 members (excludes halogenated alkanes) is 1. The van der Waals surface area contributed by atoms with Gasteiger partial charge in [-0.05, 0) is 24.6 Å². The van der Waals surface area contributed by atoms with E-state index in [1.165, 1.54) is 6.07 Å². The van der Waals surface area contributed by atoms with Gasteiger partial charge >= 0.3 is 6.09 Å². The lowest BCUT2D eigenvalue weighted by atomic mass is 10.2. The minimum Gasteiger partial charge on any atom is -0.450 e. The Kier molecular flexibility index (Phi) is 7.93. The van der Waals surface area contributed by atoms with Gasteiger partial charge in [0.15, 0.2) is 0 Å². The van der Waals surface area contributed by atoms with Gasteiger partial charge in [0.1, 0.15) is 0 Å². The van der Waals surface area contributed by atoms with Crippen LogP contribution in [0.2, 0.25) is 10.0 Å². The smallest absolute Gasteiger partial charge is 0.407 e. The first-order chi connectivity index (χ1) is 10.0. The van der Waals surface area contributed by atoms with Crippen molar-refractivity contribution in [1.29, 1.82) is 0 Å². The molecule has 0 bridgehead atoms. The van der Waals surface area contributed by atoms with Crippen LogP contribution in [0.25, 0.3) is 0 Å². The van der Waals surface area contributed by atoms with Crippen molar-refractivity contribution in [3.05, 3.63) is 33.8 Å². The van der Waals surface area contributed by atoms with Gasteiger partial charge in [-0.15, -0.1) is 0 Å². The lowest BCUT2D eigenvalue weighted by Gasteiger charge is -2.09. The van der Waals surface area contributed by atoms with Crippen LogP contribution < -0.4 is 10.6 Å². The molecule has 0 spiro atoms. The number of carbonyl (C=O) groups excluding carboxylic acids is 2. The summed E-state index contributed by atoms with van der Waals surface area (Å²) in [5, 5.41) is 5.93. The fourth-order valence-electron chi connectivity index (χ4n) is 1.47. The van der Waals surface area contributed by atoms with Crippen LogP contribution in [0, 0.1) is 0 Å². The van der Waals surface area contributed by atoms with Crippen molar-refractivity contribution in [3.63, 3.8) is 0 Å². The van der Waals surface area contributed by atoms with E-state index in [0.717, 1.165) is 12.8 Å². The van der Waals surface area contributed by atoms with E-state index in [1.54, 1.807) is 12.1 Å². The second-order valence-corrected chi connectivity index (χ2v) is 5.14. The highest BCUT2D eigenvalue weighted by Gasteiger charge is 2.10. The average molecular weight is 333 g/mol. The molecule has 0 aliphatic rings. The minimum absolute atomic E-state index is 0.268. The van der Waals surface area contributed by atoms with Crippen molar-refractivity contribution in [2.75, 3.05) is 19.7 Å². The van der Waals surface area contributed by atoms with Gasteiger partial charge in [0, 0.05) is 18.1 Å². The van der Waals surface area contributed by atoms with Crippen LogP contribution in [0.5, 0.6) is 0 Å². The number of amides is 2. The van der Waals surface area contributed by atoms with Crippen molar-refractivity contribution < 1.29 is 14.3 Å². The molecule has 0 heterocycles. The third kappa shape index (κ3) is 6.69. The first-order valence-corrected chi connectivity index (χ1v) is 7.44. The molecule has 7 heteroatoms. The van der Waals surface area contributed by atoms with Gasteiger partial charge in [-0.25, -0.2) is 4.79 Å². The molecule has 21 heavy (non-hydrogen) atoms. The van der Waals surface area contributed by atoms with Gasteiger partial charge in [-0.3, -0.25) is 4.79 Å². The number of ether oxygens (including phenoxy) is 1. The maximum absolute atomic E-state index is 11.9. The number of hydrogen-bond acceptors (Lipinski definition) is 3. The van der Waals surface area contributed by atoms with Gasteiger partial charge in [-0.2, -0.15) is 0 Å². The summed E-state index contributed by atoms with van der Waals surface area (Å²) in [6.07, 6.45) is 1.31. The molecule has 0 fully saturated rings. The van der Waals surface area contributed by atoms with Crippen LogP contribution in [0.3, 0.4) is 0 Å². The Morgan fingerprint density at radius 3 is 2.62 bits per heavy atom. The Morgan fingerprint density at radius 1 is 1.19 bits per heavy atom. The molecule has 0 aliphatic carbocycles. The van der Waals surface area contributed by atoms with E-state index in [-0.39, 0.29) is 19.0 Å². The van der Waals surface area contributed by atoms with Crippen LogP contribution in [0.4, 0.5) is 4.79 Å². The number of benzene rings is 1. The minimum atomic E-state index is -0.488. The summed E-state index contributed by atoms with van der Waals surface area (Å²) in [4.78, 5) is 23.1. The van der Waals surface area contributed by atoms with E-state index in [1.807, 2.05) is 6.92 Å². The van der Waals surface area contributed by atoms with E-state index in [9.17, 15) is 9.59 Å². The van der Waals surface area contributed by atoms with Crippen molar-refractivity contribution in [2.45, 2.75) is 19.8 Å². The summed E-state index contributed by atoms with van der Waals surface area (Å²) in [7, 11) is 0. The molecule has 0 atom stereocenters. The van der Waals surface area contributed by atoms with Gasteiger partial charge in [0.05, 0.1) is 17.2 Å². The van der Waals surface area contributed by atoms with E-state index >= 15 is 0 Å². The van der Waals surface area contributed by atoms with E-state index in [4.69, 9.17) is 27.9 Å². The molecule has 1 rings (SSSR count). The molecule has 2 N–H and O–H groups in total. The maximum Gasteiger partial charge on any atom is 0.407 e. The molecule has 1 aromatic rings. The largest absolute Gasteiger partial charge is 0.450 e. The highest BCUT2D eigenvalue weighted by molar-refractivity contribution is 6.35.